The van der Waals surface area contributed by atoms with Crippen molar-refractivity contribution in [2.75, 3.05) is 5.33 Å². The van der Waals surface area contributed by atoms with E-state index in [1.54, 1.807) is 0 Å². The van der Waals surface area contributed by atoms with Crippen LogP contribution in [-0.4, -0.2) is 20.2 Å². The molecule has 1 rings (SSSR count). The van der Waals surface area contributed by atoms with Gasteiger partial charge in [-0.1, -0.05) is 26.8 Å². The number of nitrogens with zero attached hydrogens (tertiary/aromatic N) is 2. The molecule has 0 aromatic carbocycles. The minimum Gasteiger partial charge on any atom is -0.194 e. The second-order valence-corrected chi connectivity index (χ2v) is 6.05. The summed E-state index contributed by atoms with van der Waals surface area (Å²) in [5.41, 5.74) is 0. The van der Waals surface area contributed by atoms with Crippen LogP contribution in [-0.2, 0) is 0 Å². The largest absolute Gasteiger partial charge is 0.299 e. The predicted molar refractivity (Wildman–Crippen MR) is 63.0 cm³/mol. The number of hydrogen-bond acceptors (Lipinski definition) is 4. The highest BCUT2D eigenvalue weighted by molar-refractivity contribution is 9.09. The molecular weight excluding hydrogens is 306 g/mol. The van der Waals surface area contributed by atoms with E-state index in [2.05, 4.69) is 25.5 Å². The fourth-order valence-electron chi connectivity index (χ4n) is 1.00. The molecule has 0 saturated heterocycles. The highest BCUT2D eigenvalue weighted by atomic mass is 79.9. The Hall–Kier alpha value is 0.250. The van der Waals surface area contributed by atoms with Gasteiger partial charge in [0, 0.05) is 11.8 Å². The topological polar surface area (TPSA) is 25.8 Å². The van der Waals surface area contributed by atoms with Crippen LogP contribution in [0.4, 0.5) is 8.78 Å². The molecule has 0 bridgehead atoms. The Morgan fingerprint density at radius 1 is 1.40 bits per heavy atom. The Bertz CT molecular complexity index is 270. The fourth-order valence-corrected chi connectivity index (χ4v) is 2.92. The molecule has 1 aromatic rings. The molecule has 0 spiro atoms. The first-order valence-corrected chi connectivity index (χ1v) is 7.25. The third kappa shape index (κ3) is 5.77. The molecule has 86 valence electrons. The maximum Gasteiger partial charge on any atom is 0.299 e. The second kappa shape index (κ2) is 6.75. The number of hydrogen-bond donors (Lipinski definition) is 0. The Morgan fingerprint density at radius 2 is 2.20 bits per heavy atom. The molecule has 0 N–H and O–H groups in total. The number of alkyl halides is 3. The smallest absolute Gasteiger partial charge is 0.194 e. The van der Waals surface area contributed by atoms with Crippen LogP contribution < -0.4 is 0 Å². The monoisotopic (exact) mass is 316 g/mol. The van der Waals surface area contributed by atoms with Crippen molar-refractivity contribution in [1.82, 2.24) is 9.59 Å². The minimum atomic E-state index is -2.69. The van der Waals surface area contributed by atoms with E-state index in [-0.39, 0.29) is 6.42 Å². The summed E-state index contributed by atoms with van der Waals surface area (Å²) in [5.74, 6) is 0. The maximum atomic E-state index is 13.3. The Labute approximate surface area is 104 Å². The number of thioether (sulfide) groups is 1. The van der Waals surface area contributed by atoms with Crippen LogP contribution in [0.5, 0.6) is 0 Å². The number of rotatable bonds is 7. The summed E-state index contributed by atoms with van der Waals surface area (Å²) in [6, 6.07) is 0. The lowest BCUT2D eigenvalue weighted by atomic mass is 10.2. The summed E-state index contributed by atoms with van der Waals surface area (Å²) < 4.78 is 30.7. The van der Waals surface area contributed by atoms with Crippen LogP contribution in [0.15, 0.2) is 10.4 Å². The standard InChI is InChI=1S/C8H11BrF2N2S2/c9-5-3-1-2-4-8(10,11)14-7-6-12-13-15-7/h6H,1-5H2. The Morgan fingerprint density at radius 3 is 2.80 bits per heavy atom. The third-order valence-electron chi connectivity index (χ3n) is 1.69. The van der Waals surface area contributed by atoms with Gasteiger partial charge in [-0.05, 0) is 36.1 Å². The molecule has 7 heteroatoms. The molecule has 0 amide bonds. The van der Waals surface area contributed by atoms with Crippen molar-refractivity contribution in [3.05, 3.63) is 6.20 Å². The van der Waals surface area contributed by atoms with Crippen LogP contribution in [0, 0.1) is 0 Å². The van der Waals surface area contributed by atoms with Crippen LogP contribution in [0.3, 0.4) is 0 Å². The zero-order chi connectivity index (χ0) is 11.1. The molecule has 15 heavy (non-hydrogen) atoms. The van der Waals surface area contributed by atoms with Gasteiger partial charge < -0.3 is 0 Å². The fraction of sp³-hybridized carbons (Fsp3) is 0.750. The van der Waals surface area contributed by atoms with E-state index in [4.69, 9.17) is 0 Å². The summed E-state index contributed by atoms with van der Waals surface area (Å²) in [5, 5.41) is 1.71. The molecule has 0 aliphatic heterocycles. The van der Waals surface area contributed by atoms with Crippen molar-refractivity contribution in [2.24, 2.45) is 0 Å². The third-order valence-corrected chi connectivity index (χ3v) is 4.00. The van der Waals surface area contributed by atoms with E-state index < -0.39 is 5.25 Å². The normalized spacial score (nSPS) is 11.9. The lowest BCUT2D eigenvalue weighted by Gasteiger charge is -2.13. The molecule has 2 nitrogen and oxygen atoms in total. The Balaban J connectivity index is 2.25. The Kier molecular flexibility index (Phi) is 5.99. The van der Waals surface area contributed by atoms with Gasteiger partial charge in [-0.25, -0.2) is 0 Å². The molecule has 1 aromatic heterocycles. The van der Waals surface area contributed by atoms with Gasteiger partial charge >= 0.3 is 0 Å². The van der Waals surface area contributed by atoms with Gasteiger partial charge in [0.25, 0.3) is 5.25 Å². The molecule has 0 radical (unpaired) electrons. The van der Waals surface area contributed by atoms with Crippen molar-refractivity contribution in [1.29, 1.82) is 0 Å². The van der Waals surface area contributed by atoms with Crippen molar-refractivity contribution in [2.45, 2.75) is 35.1 Å². The van der Waals surface area contributed by atoms with E-state index in [0.717, 1.165) is 29.7 Å². The maximum absolute atomic E-state index is 13.3. The van der Waals surface area contributed by atoms with Gasteiger partial charge in [-0.15, -0.1) is 5.10 Å². The molecule has 0 atom stereocenters. The van der Waals surface area contributed by atoms with Gasteiger partial charge in [-0.3, -0.25) is 0 Å². The van der Waals surface area contributed by atoms with Gasteiger partial charge in [-0.2, -0.15) is 8.78 Å². The van der Waals surface area contributed by atoms with E-state index in [1.807, 2.05) is 0 Å². The van der Waals surface area contributed by atoms with E-state index in [9.17, 15) is 8.78 Å². The SMILES string of the molecule is FC(F)(CCCCCBr)Sc1cnns1. The van der Waals surface area contributed by atoms with Crippen molar-refractivity contribution >= 4 is 39.2 Å². The summed E-state index contributed by atoms with van der Waals surface area (Å²) in [4.78, 5) is 0. The summed E-state index contributed by atoms with van der Waals surface area (Å²) in [7, 11) is 0. The zero-order valence-corrected chi connectivity index (χ0v) is 11.2. The minimum absolute atomic E-state index is 0.0808. The predicted octanol–water partition coefficient (Wildman–Crippen LogP) is 4.18. The zero-order valence-electron chi connectivity index (χ0n) is 7.96. The highest BCUT2D eigenvalue weighted by Crippen LogP contribution is 2.40. The lowest BCUT2D eigenvalue weighted by molar-refractivity contribution is 0.0925. The van der Waals surface area contributed by atoms with Gasteiger partial charge in [0.15, 0.2) is 0 Å². The van der Waals surface area contributed by atoms with Crippen molar-refractivity contribution in [3.63, 3.8) is 0 Å². The van der Waals surface area contributed by atoms with E-state index >= 15 is 0 Å². The van der Waals surface area contributed by atoms with E-state index in [1.165, 1.54) is 6.20 Å². The van der Waals surface area contributed by atoms with Crippen LogP contribution in [0.1, 0.15) is 25.7 Å². The molecule has 0 unspecified atom stereocenters. The number of unbranched alkanes of at least 4 members (excludes halogenated alkanes) is 2. The molecule has 0 fully saturated rings. The lowest BCUT2D eigenvalue weighted by Crippen LogP contribution is -2.09. The first kappa shape index (κ1) is 13.3. The van der Waals surface area contributed by atoms with E-state index in [0.29, 0.717) is 22.4 Å². The summed E-state index contributed by atoms with van der Waals surface area (Å²) >= 11 is 4.84. The van der Waals surface area contributed by atoms with Crippen molar-refractivity contribution < 1.29 is 8.78 Å². The molecule has 1 heterocycles. The van der Waals surface area contributed by atoms with Crippen LogP contribution in [0.25, 0.3) is 0 Å². The number of halogens is 3. The number of aromatic nitrogens is 2. The second-order valence-electron chi connectivity index (χ2n) is 2.98. The summed E-state index contributed by atoms with van der Waals surface area (Å²) in [6.45, 7) is 0. The first-order valence-electron chi connectivity index (χ1n) is 4.54. The van der Waals surface area contributed by atoms with Gasteiger partial charge in [0.2, 0.25) is 0 Å². The quantitative estimate of drug-likeness (QED) is 0.429. The van der Waals surface area contributed by atoms with Crippen molar-refractivity contribution in [3.8, 4) is 0 Å². The van der Waals surface area contributed by atoms with Gasteiger partial charge in [0.05, 0.1) is 6.20 Å². The van der Waals surface area contributed by atoms with Crippen LogP contribution in [0.2, 0.25) is 0 Å². The summed E-state index contributed by atoms with van der Waals surface area (Å²) in [6.07, 6.45) is 3.63. The molecule has 0 aliphatic carbocycles. The molecular formula is C8H11BrF2N2S2. The average Bonchev–Trinajstić information content (AvgIpc) is 2.64. The molecule has 0 saturated carbocycles. The average molecular weight is 317 g/mol. The first-order chi connectivity index (χ1) is 7.14. The highest BCUT2D eigenvalue weighted by Gasteiger charge is 2.30. The molecule has 0 aliphatic rings. The van der Waals surface area contributed by atoms with Crippen LogP contribution >= 0.6 is 39.2 Å². The van der Waals surface area contributed by atoms with Gasteiger partial charge in [0.1, 0.15) is 4.21 Å².